The van der Waals surface area contributed by atoms with Crippen molar-refractivity contribution in [2.75, 3.05) is 33.2 Å². The van der Waals surface area contributed by atoms with Gasteiger partial charge in [-0.05, 0) is 0 Å². The third kappa shape index (κ3) is 3.51. The van der Waals surface area contributed by atoms with Crippen LogP contribution in [0.4, 0.5) is 5.69 Å². The molecule has 1 saturated heterocycles. The van der Waals surface area contributed by atoms with E-state index in [1.165, 1.54) is 31.0 Å². The van der Waals surface area contributed by atoms with Gasteiger partial charge in [0.15, 0.2) is 0 Å². The van der Waals surface area contributed by atoms with Crippen LogP contribution in [0.15, 0.2) is 24.3 Å². The Bertz CT molecular complexity index is 422. The minimum absolute atomic E-state index is 0.199. The molecule has 1 aliphatic rings. The van der Waals surface area contributed by atoms with Gasteiger partial charge in [-0.25, -0.2) is 0 Å². The second-order valence-corrected chi connectivity index (χ2v) is 5.16. The molecule has 0 radical (unpaired) electrons. The van der Waals surface area contributed by atoms with E-state index in [1.807, 2.05) is 6.07 Å². The van der Waals surface area contributed by atoms with Crippen molar-refractivity contribution in [3.63, 3.8) is 0 Å². The maximum absolute atomic E-state index is 10.7. The van der Waals surface area contributed by atoms with Crippen LogP contribution in [-0.4, -0.2) is 38.2 Å². The van der Waals surface area contributed by atoms with Crippen molar-refractivity contribution in [1.82, 2.24) is 0 Å². The molecule has 1 aliphatic heterocycles. The van der Waals surface area contributed by atoms with Crippen molar-refractivity contribution in [2.45, 2.75) is 13.0 Å². The Hall–Kier alpha value is -1.46. The zero-order valence-electron chi connectivity index (χ0n) is 10.8. The van der Waals surface area contributed by atoms with Gasteiger partial charge in [0.1, 0.15) is 19.6 Å². The van der Waals surface area contributed by atoms with E-state index in [-0.39, 0.29) is 10.6 Å². The molecule has 0 spiro atoms. The SMILES string of the molecule is C[NH+]1CCC[NH+](Cc2cccc([N+](=O)[O-])c2)CC1. The smallest absolute Gasteiger partial charge is 0.269 e. The highest BCUT2D eigenvalue weighted by Gasteiger charge is 2.18. The molecule has 2 rings (SSSR count). The van der Waals surface area contributed by atoms with Crippen LogP contribution in [0.3, 0.4) is 0 Å². The molecule has 2 N–H and O–H groups in total. The number of benzene rings is 1. The third-order valence-electron chi connectivity index (χ3n) is 3.61. The van der Waals surface area contributed by atoms with Crippen LogP contribution in [0, 0.1) is 10.1 Å². The predicted octanol–water partition coefficient (Wildman–Crippen LogP) is -1.10. The maximum atomic E-state index is 10.7. The molecule has 0 amide bonds. The summed E-state index contributed by atoms with van der Waals surface area (Å²) in [5, 5.41) is 10.7. The van der Waals surface area contributed by atoms with E-state index in [2.05, 4.69) is 7.05 Å². The summed E-state index contributed by atoms with van der Waals surface area (Å²) < 4.78 is 0. The van der Waals surface area contributed by atoms with E-state index in [1.54, 1.807) is 23.1 Å². The van der Waals surface area contributed by atoms with Gasteiger partial charge in [-0.2, -0.15) is 0 Å². The van der Waals surface area contributed by atoms with Crippen LogP contribution in [0.2, 0.25) is 0 Å². The maximum Gasteiger partial charge on any atom is 0.269 e. The summed E-state index contributed by atoms with van der Waals surface area (Å²) >= 11 is 0. The number of nitro groups is 1. The van der Waals surface area contributed by atoms with Crippen molar-refractivity contribution in [3.8, 4) is 0 Å². The molecule has 0 bridgehead atoms. The molecule has 0 aliphatic carbocycles. The van der Waals surface area contributed by atoms with E-state index < -0.39 is 0 Å². The van der Waals surface area contributed by atoms with Gasteiger partial charge < -0.3 is 9.80 Å². The van der Waals surface area contributed by atoms with Gasteiger partial charge >= 0.3 is 0 Å². The number of hydrogen-bond acceptors (Lipinski definition) is 2. The fourth-order valence-electron chi connectivity index (χ4n) is 2.53. The topological polar surface area (TPSA) is 52.0 Å². The first kappa shape index (κ1) is 13.0. The molecular formula is C13H21N3O2+2. The quantitative estimate of drug-likeness (QED) is 0.529. The minimum Gasteiger partial charge on any atom is -0.333 e. The number of rotatable bonds is 3. The molecule has 5 nitrogen and oxygen atoms in total. The van der Waals surface area contributed by atoms with Gasteiger partial charge in [0.25, 0.3) is 5.69 Å². The van der Waals surface area contributed by atoms with E-state index >= 15 is 0 Å². The molecule has 2 unspecified atom stereocenters. The van der Waals surface area contributed by atoms with E-state index in [0.717, 1.165) is 18.7 Å². The highest BCUT2D eigenvalue weighted by Crippen LogP contribution is 2.12. The summed E-state index contributed by atoms with van der Waals surface area (Å²) in [5.74, 6) is 0. The Balaban J connectivity index is 2.00. The van der Waals surface area contributed by atoms with Gasteiger partial charge in [-0.15, -0.1) is 0 Å². The largest absolute Gasteiger partial charge is 0.333 e. The van der Waals surface area contributed by atoms with Crippen LogP contribution in [0.25, 0.3) is 0 Å². The fourth-order valence-corrected chi connectivity index (χ4v) is 2.53. The summed E-state index contributed by atoms with van der Waals surface area (Å²) in [5.41, 5.74) is 1.27. The van der Waals surface area contributed by atoms with E-state index in [9.17, 15) is 10.1 Å². The number of nitrogens with one attached hydrogen (secondary N) is 2. The summed E-state index contributed by atoms with van der Waals surface area (Å²) in [7, 11) is 2.23. The van der Waals surface area contributed by atoms with Crippen molar-refractivity contribution in [2.24, 2.45) is 0 Å². The number of hydrogen-bond donors (Lipinski definition) is 2. The highest BCUT2D eigenvalue weighted by atomic mass is 16.6. The lowest BCUT2D eigenvalue weighted by molar-refractivity contribution is -0.938. The van der Waals surface area contributed by atoms with E-state index in [4.69, 9.17) is 0 Å². The standard InChI is InChI=1S/C13H19N3O2/c1-14-6-3-7-15(9-8-14)11-12-4-2-5-13(10-12)16(17)18/h2,4-5,10H,3,6-9,11H2,1H3/p+2. The van der Waals surface area contributed by atoms with Gasteiger partial charge in [0.2, 0.25) is 0 Å². The molecule has 1 fully saturated rings. The second-order valence-electron chi connectivity index (χ2n) is 5.16. The molecule has 1 aromatic rings. The molecule has 2 atom stereocenters. The van der Waals surface area contributed by atoms with Crippen molar-refractivity contribution < 1.29 is 14.7 Å². The van der Waals surface area contributed by atoms with Crippen molar-refractivity contribution in [3.05, 3.63) is 39.9 Å². The summed E-state index contributed by atoms with van der Waals surface area (Å²) in [4.78, 5) is 13.5. The Labute approximate surface area is 107 Å². The molecule has 98 valence electrons. The van der Waals surface area contributed by atoms with Crippen molar-refractivity contribution >= 4 is 5.69 Å². The van der Waals surface area contributed by atoms with E-state index in [0.29, 0.717) is 0 Å². The van der Waals surface area contributed by atoms with Crippen LogP contribution in [-0.2, 0) is 6.54 Å². The summed E-state index contributed by atoms with van der Waals surface area (Å²) in [6.07, 6.45) is 1.23. The summed E-state index contributed by atoms with van der Waals surface area (Å²) in [6, 6.07) is 7.03. The molecule has 1 heterocycles. The first-order valence-electron chi connectivity index (χ1n) is 6.53. The molecule has 1 aromatic carbocycles. The molecule has 5 heteroatoms. The van der Waals surface area contributed by atoms with Crippen LogP contribution >= 0.6 is 0 Å². The van der Waals surface area contributed by atoms with Gasteiger partial charge in [-0.3, -0.25) is 10.1 Å². The lowest BCUT2D eigenvalue weighted by Gasteiger charge is -2.16. The minimum atomic E-state index is -0.320. The summed E-state index contributed by atoms with van der Waals surface area (Å²) in [6.45, 7) is 5.63. The number of nitro benzene ring substituents is 1. The van der Waals surface area contributed by atoms with Crippen molar-refractivity contribution in [1.29, 1.82) is 0 Å². The van der Waals surface area contributed by atoms with Crippen LogP contribution < -0.4 is 9.80 Å². The Morgan fingerprint density at radius 3 is 2.89 bits per heavy atom. The first-order valence-corrected chi connectivity index (χ1v) is 6.53. The van der Waals surface area contributed by atoms with Gasteiger partial charge in [0.05, 0.1) is 25.1 Å². The Morgan fingerprint density at radius 2 is 2.11 bits per heavy atom. The lowest BCUT2D eigenvalue weighted by atomic mass is 10.2. The van der Waals surface area contributed by atoms with Gasteiger partial charge in [-0.1, -0.05) is 12.1 Å². The normalized spacial score (nSPS) is 24.5. The zero-order chi connectivity index (χ0) is 13.0. The number of non-ortho nitro benzene ring substituents is 1. The average Bonchev–Trinajstić information content (AvgIpc) is 2.55. The second kappa shape index (κ2) is 5.93. The monoisotopic (exact) mass is 251 g/mol. The lowest BCUT2D eigenvalue weighted by Crippen LogP contribution is -3.15. The van der Waals surface area contributed by atoms with Gasteiger partial charge in [0, 0.05) is 24.1 Å². The van der Waals surface area contributed by atoms with Crippen LogP contribution in [0.1, 0.15) is 12.0 Å². The third-order valence-corrected chi connectivity index (χ3v) is 3.61. The highest BCUT2D eigenvalue weighted by molar-refractivity contribution is 5.33. The number of quaternary nitrogens is 2. The predicted molar refractivity (Wildman–Crippen MR) is 68.7 cm³/mol. The zero-order valence-corrected chi connectivity index (χ0v) is 10.8. The molecule has 0 saturated carbocycles. The molecular weight excluding hydrogens is 230 g/mol. The average molecular weight is 251 g/mol. The first-order chi connectivity index (χ1) is 8.65. The Kier molecular flexibility index (Phi) is 4.28. The van der Waals surface area contributed by atoms with Crippen LogP contribution in [0.5, 0.6) is 0 Å². The molecule has 0 aromatic heterocycles. The number of likely N-dealkylation sites (N-methyl/N-ethyl adjacent to an activating group) is 1. The fraction of sp³-hybridized carbons (Fsp3) is 0.538. The molecule has 18 heavy (non-hydrogen) atoms. The Morgan fingerprint density at radius 1 is 1.28 bits per heavy atom. The number of nitrogens with zero attached hydrogens (tertiary/aromatic N) is 1.